The smallest absolute Gasteiger partial charge is 0.360 e. The Labute approximate surface area is 208 Å². The molecule has 1 saturated heterocycles. The zero-order valence-corrected chi connectivity index (χ0v) is 20.4. The molecular formula is C27H29N3O6. The lowest BCUT2D eigenvalue weighted by Gasteiger charge is -2.42. The molecule has 5 rings (SSSR count). The molecule has 0 aliphatic carbocycles. The molecule has 2 heterocycles. The minimum Gasteiger partial charge on any atom is -0.376 e. The summed E-state index contributed by atoms with van der Waals surface area (Å²) in [6.45, 7) is 5.22. The Morgan fingerprint density at radius 1 is 0.944 bits per heavy atom. The molecule has 0 spiro atoms. The van der Waals surface area contributed by atoms with Crippen molar-refractivity contribution in [3.63, 3.8) is 0 Å². The van der Waals surface area contributed by atoms with Crippen LogP contribution in [0.3, 0.4) is 0 Å². The number of hydrogen-bond acceptors (Lipinski definition) is 8. The third-order valence-corrected chi connectivity index (χ3v) is 6.08. The van der Waals surface area contributed by atoms with E-state index in [1.165, 1.54) is 10.8 Å². The van der Waals surface area contributed by atoms with Gasteiger partial charge in [0.05, 0.1) is 38.4 Å². The molecule has 1 aromatic heterocycles. The molecule has 0 amide bonds. The summed E-state index contributed by atoms with van der Waals surface area (Å²) >= 11 is 0. The van der Waals surface area contributed by atoms with Crippen LogP contribution in [-0.2, 0) is 30.3 Å². The van der Waals surface area contributed by atoms with E-state index in [2.05, 4.69) is 40.6 Å². The van der Waals surface area contributed by atoms with E-state index in [1.807, 2.05) is 38.1 Å². The second-order valence-electron chi connectivity index (χ2n) is 9.56. The Kier molecular flexibility index (Phi) is 6.97. The van der Waals surface area contributed by atoms with Gasteiger partial charge in [-0.05, 0) is 53.6 Å². The normalized spacial score (nSPS) is 16.8. The lowest BCUT2D eigenvalue weighted by Crippen LogP contribution is -2.51. The van der Waals surface area contributed by atoms with Crippen molar-refractivity contribution in [3.8, 4) is 0 Å². The van der Waals surface area contributed by atoms with E-state index in [9.17, 15) is 4.79 Å². The summed E-state index contributed by atoms with van der Waals surface area (Å²) in [5, 5.41) is 10.2. The van der Waals surface area contributed by atoms with Gasteiger partial charge in [0.25, 0.3) is 0 Å². The van der Waals surface area contributed by atoms with Crippen molar-refractivity contribution in [2.24, 2.45) is 5.41 Å². The summed E-state index contributed by atoms with van der Waals surface area (Å²) in [7, 11) is 0. The Morgan fingerprint density at radius 3 is 2.50 bits per heavy atom. The number of ether oxygens (including phenoxy) is 4. The lowest BCUT2D eigenvalue weighted by atomic mass is 9.91. The van der Waals surface area contributed by atoms with Crippen molar-refractivity contribution < 1.29 is 28.6 Å². The molecule has 1 aliphatic heterocycles. The molecule has 9 nitrogen and oxygen atoms in total. The van der Waals surface area contributed by atoms with Gasteiger partial charge in [0.1, 0.15) is 17.6 Å². The number of para-hydroxylation sites is 1. The SMILES string of the molecule is CC1(C)OCC(COCC(=O)On2nnc3ccccc32)(COCc2ccc3ccccc3c2)CO1. The first-order chi connectivity index (χ1) is 17.4. The summed E-state index contributed by atoms with van der Waals surface area (Å²) in [5.74, 6) is -1.27. The maximum Gasteiger partial charge on any atom is 0.360 e. The Morgan fingerprint density at radius 2 is 1.67 bits per heavy atom. The van der Waals surface area contributed by atoms with Crippen molar-refractivity contribution in [1.82, 2.24) is 15.2 Å². The van der Waals surface area contributed by atoms with Gasteiger partial charge in [-0.15, -0.1) is 5.10 Å². The Bertz CT molecular complexity index is 1340. The number of carbonyl (C=O) groups excluding carboxylic acids is 1. The van der Waals surface area contributed by atoms with Gasteiger partial charge in [-0.1, -0.05) is 53.4 Å². The van der Waals surface area contributed by atoms with Gasteiger partial charge in [0.15, 0.2) is 5.79 Å². The molecule has 0 saturated carbocycles. The highest BCUT2D eigenvalue weighted by Gasteiger charge is 2.41. The lowest BCUT2D eigenvalue weighted by molar-refractivity contribution is -0.299. The molecule has 0 N–H and O–H groups in total. The predicted molar refractivity (Wildman–Crippen MR) is 132 cm³/mol. The van der Waals surface area contributed by atoms with Crippen LogP contribution in [0.2, 0.25) is 0 Å². The second-order valence-corrected chi connectivity index (χ2v) is 9.56. The van der Waals surface area contributed by atoms with Gasteiger partial charge in [0.2, 0.25) is 0 Å². The average Bonchev–Trinajstić information content (AvgIpc) is 3.28. The van der Waals surface area contributed by atoms with Crippen LogP contribution in [0.15, 0.2) is 66.7 Å². The van der Waals surface area contributed by atoms with E-state index in [1.54, 1.807) is 12.1 Å². The number of rotatable bonds is 9. The van der Waals surface area contributed by atoms with Gasteiger partial charge in [0, 0.05) is 0 Å². The highest BCUT2D eigenvalue weighted by Crippen LogP contribution is 2.31. The fraction of sp³-hybridized carbons (Fsp3) is 0.370. The first-order valence-corrected chi connectivity index (χ1v) is 11.8. The van der Waals surface area contributed by atoms with Crippen LogP contribution < -0.4 is 4.84 Å². The van der Waals surface area contributed by atoms with E-state index in [-0.39, 0.29) is 13.2 Å². The van der Waals surface area contributed by atoms with Crippen LogP contribution in [0.1, 0.15) is 19.4 Å². The van der Waals surface area contributed by atoms with E-state index < -0.39 is 17.2 Å². The maximum absolute atomic E-state index is 12.4. The Balaban J connectivity index is 1.17. The monoisotopic (exact) mass is 491 g/mol. The van der Waals surface area contributed by atoms with Gasteiger partial charge < -0.3 is 23.8 Å². The molecule has 9 heteroatoms. The van der Waals surface area contributed by atoms with Crippen LogP contribution in [0, 0.1) is 5.41 Å². The van der Waals surface area contributed by atoms with Crippen molar-refractivity contribution in [1.29, 1.82) is 0 Å². The van der Waals surface area contributed by atoms with Crippen LogP contribution in [0.5, 0.6) is 0 Å². The number of aromatic nitrogens is 3. The largest absolute Gasteiger partial charge is 0.376 e. The van der Waals surface area contributed by atoms with Gasteiger partial charge >= 0.3 is 5.97 Å². The third kappa shape index (κ3) is 5.71. The quantitative estimate of drug-likeness (QED) is 0.328. The highest BCUT2D eigenvalue weighted by molar-refractivity contribution is 5.83. The summed E-state index contributed by atoms with van der Waals surface area (Å²) in [6.07, 6.45) is 0. The molecule has 0 bridgehead atoms. The summed E-state index contributed by atoms with van der Waals surface area (Å²) in [5.41, 5.74) is 1.74. The van der Waals surface area contributed by atoms with Gasteiger partial charge in [-0.3, -0.25) is 0 Å². The molecule has 0 radical (unpaired) electrons. The number of carbonyl (C=O) groups is 1. The number of benzene rings is 3. The summed E-state index contributed by atoms with van der Waals surface area (Å²) in [6, 6.07) is 21.7. The molecule has 0 unspecified atom stereocenters. The van der Waals surface area contributed by atoms with Crippen molar-refractivity contribution in [2.75, 3.05) is 33.0 Å². The predicted octanol–water partition coefficient (Wildman–Crippen LogP) is 3.54. The minimum atomic E-state index is -0.686. The molecule has 1 aliphatic rings. The van der Waals surface area contributed by atoms with Gasteiger partial charge in [-0.25, -0.2) is 4.79 Å². The third-order valence-electron chi connectivity index (χ3n) is 6.08. The van der Waals surface area contributed by atoms with Crippen molar-refractivity contribution >= 4 is 27.8 Å². The zero-order valence-electron chi connectivity index (χ0n) is 20.4. The zero-order chi connectivity index (χ0) is 25.0. The standard InChI is InChI=1S/C27H29N3O6/c1-26(2)34-18-27(19-35-26,16-32-14-20-11-12-21-7-3-4-8-22(21)13-20)17-33-15-25(31)36-30-24-10-6-5-9-23(24)28-29-30/h3-13H,14-19H2,1-2H3. The highest BCUT2D eigenvalue weighted by atomic mass is 16.7. The minimum absolute atomic E-state index is 0.202. The number of hydrogen-bond donors (Lipinski definition) is 0. The van der Waals surface area contributed by atoms with Gasteiger partial charge in [-0.2, -0.15) is 0 Å². The van der Waals surface area contributed by atoms with Crippen molar-refractivity contribution in [2.45, 2.75) is 26.2 Å². The van der Waals surface area contributed by atoms with Crippen molar-refractivity contribution in [3.05, 3.63) is 72.3 Å². The van der Waals surface area contributed by atoms with E-state index >= 15 is 0 Å². The maximum atomic E-state index is 12.4. The number of fused-ring (bicyclic) bond motifs is 2. The molecule has 1 fully saturated rings. The molecule has 0 atom stereocenters. The molecule has 3 aromatic carbocycles. The fourth-order valence-corrected chi connectivity index (χ4v) is 4.05. The Hall–Kier alpha value is -3.37. The van der Waals surface area contributed by atoms with E-state index in [0.29, 0.717) is 37.5 Å². The van der Waals surface area contributed by atoms with Crippen LogP contribution in [-0.4, -0.2) is 59.9 Å². The summed E-state index contributed by atoms with van der Waals surface area (Å²) in [4.78, 5) is 18.8. The topological polar surface area (TPSA) is 93.9 Å². The average molecular weight is 492 g/mol. The fourth-order valence-electron chi connectivity index (χ4n) is 4.05. The first-order valence-electron chi connectivity index (χ1n) is 11.8. The summed E-state index contributed by atoms with van der Waals surface area (Å²) < 4.78 is 23.7. The van der Waals surface area contributed by atoms with E-state index in [4.69, 9.17) is 23.8 Å². The first kappa shape index (κ1) is 24.3. The van der Waals surface area contributed by atoms with Crippen LogP contribution in [0.25, 0.3) is 21.8 Å². The van der Waals surface area contributed by atoms with Crippen LogP contribution >= 0.6 is 0 Å². The molecule has 4 aromatic rings. The second kappa shape index (κ2) is 10.3. The molecular weight excluding hydrogens is 462 g/mol. The number of nitrogens with zero attached hydrogens (tertiary/aromatic N) is 3. The van der Waals surface area contributed by atoms with E-state index in [0.717, 1.165) is 10.4 Å². The van der Waals surface area contributed by atoms with Crippen LogP contribution in [0.4, 0.5) is 0 Å². The molecule has 36 heavy (non-hydrogen) atoms. The molecule has 188 valence electrons.